The first kappa shape index (κ1) is 13.4. The Morgan fingerprint density at radius 2 is 2.00 bits per heavy atom. The molecule has 0 amide bonds. The van der Waals surface area contributed by atoms with Crippen LogP contribution in [0.5, 0.6) is 0 Å². The van der Waals surface area contributed by atoms with E-state index in [0.29, 0.717) is 10.0 Å². The van der Waals surface area contributed by atoms with Gasteiger partial charge in [-0.3, -0.25) is 9.78 Å². The van der Waals surface area contributed by atoms with Crippen LogP contribution in [-0.2, 0) is 6.42 Å². The molecule has 0 N–H and O–H groups in total. The van der Waals surface area contributed by atoms with E-state index in [0.717, 1.165) is 10.0 Å². The van der Waals surface area contributed by atoms with Crippen LogP contribution in [0.15, 0.2) is 45.6 Å². The fourth-order valence-electron chi connectivity index (χ4n) is 1.51. The number of halogens is 3. The van der Waals surface area contributed by atoms with E-state index in [1.165, 1.54) is 12.1 Å². The zero-order valence-electron chi connectivity index (χ0n) is 9.16. The summed E-state index contributed by atoms with van der Waals surface area (Å²) in [7, 11) is 0. The molecule has 0 bridgehead atoms. The van der Waals surface area contributed by atoms with Gasteiger partial charge in [0, 0.05) is 28.9 Å². The van der Waals surface area contributed by atoms with Crippen LogP contribution >= 0.6 is 31.9 Å². The second-order valence-corrected chi connectivity index (χ2v) is 5.51. The van der Waals surface area contributed by atoms with Crippen LogP contribution in [0, 0.1) is 5.82 Å². The maximum absolute atomic E-state index is 13.3. The highest BCUT2D eigenvalue weighted by atomic mass is 79.9. The van der Waals surface area contributed by atoms with Gasteiger partial charge in [-0.25, -0.2) is 4.39 Å². The molecule has 0 spiro atoms. The number of benzene rings is 1. The van der Waals surface area contributed by atoms with Crippen LogP contribution in [-0.4, -0.2) is 10.8 Å². The Labute approximate surface area is 121 Å². The van der Waals surface area contributed by atoms with Crippen molar-refractivity contribution < 1.29 is 9.18 Å². The Hall–Kier alpha value is -1.07. The van der Waals surface area contributed by atoms with E-state index in [1.807, 2.05) is 6.07 Å². The van der Waals surface area contributed by atoms with E-state index in [-0.39, 0.29) is 12.2 Å². The molecule has 0 fully saturated rings. The molecule has 0 aliphatic heterocycles. The van der Waals surface area contributed by atoms with Gasteiger partial charge < -0.3 is 0 Å². The molecular weight excluding hydrogens is 365 g/mol. The molecule has 0 aliphatic rings. The van der Waals surface area contributed by atoms with Gasteiger partial charge in [0.2, 0.25) is 0 Å². The highest BCUT2D eigenvalue weighted by molar-refractivity contribution is 9.10. The third-order valence-corrected chi connectivity index (χ3v) is 3.44. The van der Waals surface area contributed by atoms with Crippen molar-refractivity contribution in [3.8, 4) is 0 Å². The van der Waals surface area contributed by atoms with Crippen LogP contribution in [0.1, 0.15) is 15.9 Å². The lowest BCUT2D eigenvalue weighted by Crippen LogP contribution is -2.04. The summed E-state index contributed by atoms with van der Waals surface area (Å²) in [6.45, 7) is 0. The standard InChI is InChI=1S/C13H8Br2FNO/c14-10-3-8(6-17-7-10)4-13(18)9-1-2-11(15)12(16)5-9/h1-3,5-7H,4H2. The molecule has 1 heterocycles. The summed E-state index contributed by atoms with van der Waals surface area (Å²) < 4.78 is 14.5. The first-order valence-electron chi connectivity index (χ1n) is 5.14. The van der Waals surface area contributed by atoms with E-state index in [2.05, 4.69) is 36.8 Å². The number of pyridine rings is 1. The normalized spacial score (nSPS) is 10.4. The molecule has 5 heteroatoms. The van der Waals surface area contributed by atoms with Gasteiger partial charge in [0.15, 0.2) is 5.78 Å². The largest absolute Gasteiger partial charge is 0.294 e. The second-order valence-electron chi connectivity index (χ2n) is 3.74. The van der Waals surface area contributed by atoms with Crippen LogP contribution < -0.4 is 0 Å². The lowest BCUT2D eigenvalue weighted by Gasteiger charge is -2.03. The molecule has 2 rings (SSSR count). The Bertz CT molecular complexity index is 601. The Morgan fingerprint density at radius 1 is 1.22 bits per heavy atom. The van der Waals surface area contributed by atoms with Crippen molar-refractivity contribution in [2.75, 3.05) is 0 Å². The SMILES string of the molecule is O=C(Cc1cncc(Br)c1)c1ccc(Br)c(F)c1. The summed E-state index contributed by atoms with van der Waals surface area (Å²) in [6.07, 6.45) is 3.47. The summed E-state index contributed by atoms with van der Waals surface area (Å²) in [5.74, 6) is -0.575. The molecule has 0 atom stereocenters. The molecule has 92 valence electrons. The van der Waals surface area contributed by atoms with Gasteiger partial charge in [-0.2, -0.15) is 0 Å². The number of Topliss-reactive ketones (excluding diaryl/α,β-unsaturated/α-hetero) is 1. The van der Waals surface area contributed by atoms with E-state index in [4.69, 9.17) is 0 Å². The van der Waals surface area contributed by atoms with Gasteiger partial charge >= 0.3 is 0 Å². The zero-order chi connectivity index (χ0) is 13.1. The molecule has 0 radical (unpaired) electrons. The van der Waals surface area contributed by atoms with Crippen molar-refractivity contribution in [1.29, 1.82) is 0 Å². The van der Waals surface area contributed by atoms with E-state index in [1.54, 1.807) is 18.5 Å². The topological polar surface area (TPSA) is 30.0 Å². The number of hydrogen-bond donors (Lipinski definition) is 0. The summed E-state index contributed by atoms with van der Waals surface area (Å²) >= 11 is 6.34. The van der Waals surface area contributed by atoms with Crippen molar-refractivity contribution in [2.45, 2.75) is 6.42 Å². The van der Waals surface area contributed by atoms with Gasteiger partial charge in [-0.15, -0.1) is 0 Å². The minimum atomic E-state index is -0.437. The maximum Gasteiger partial charge on any atom is 0.167 e. The molecule has 2 aromatic rings. The summed E-state index contributed by atoms with van der Waals surface area (Å²) in [4.78, 5) is 15.9. The number of rotatable bonds is 3. The molecule has 0 unspecified atom stereocenters. The van der Waals surface area contributed by atoms with Gasteiger partial charge in [0.1, 0.15) is 5.82 Å². The molecule has 0 saturated carbocycles. The highest BCUT2D eigenvalue weighted by Crippen LogP contribution is 2.18. The molecule has 0 saturated heterocycles. The number of aromatic nitrogens is 1. The van der Waals surface area contributed by atoms with Gasteiger partial charge in [0.05, 0.1) is 4.47 Å². The summed E-state index contributed by atoms with van der Waals surface area (Å²) in [6, 6.07) is 6.18. The Kier molecular flexibility index (Phi) is 4.24. The fourth-order valence-corrected chi connectivity index (χ4v) is 2.17. The van der Waals surface area contributed by atoms with E-state index < -0.39 is 5.82 Å². The van der Waals surface area contributed by atoms with Crippen molar-refractivity contribution in [1.82, 2.24) is 4.98 Å². The van der Waals surface area contributed by atoms with Crippen LogP contribution in [0.25, 0.3) is 0 Å². The second kappa shape index (κ2) is 5.71. The fraction of sp³-hybridized carbons (Fsp3) is 0.0769. The van der Waals surface area contributed by atoms with Crippen molar-refractivity contribution in [3.63, 3.8) is 0 Å². The number of carbonyl (C=O) groups is 1. The molecule has 2 nitrogen and oxygen atoms in total. The molecule has 18 heavy (non-hydrogen) atoms. The summed E-state index contributed by atoms with van der Waals surface area (Å²) in [5, 5.41) is 0. The van der Waals surface area contributed by atoms with Gasteiger partial charge in [-0.1, -0.05) is 6.07 Å². The number of ketones is 1. The predicted molar refractivity (Wildman–Crippen MR) is 74.1 cm³/mol. The number of hydrogen-bond acceptors (Lipinski definition) is 2. The van der Waals surface area contributed by atoms with E-state index in [9.17, 15) is 9.18 Å². The predicted octanol–water partition coefficient (Wildman–Crippen LogP) is 4.17. The van der Waals surface area contributed by atoms with Crippen LogP contribution in [0.2, 0.25) is 0 Å². The molecule has 1 aromatic heterocycles. The van der Waals surface area contributed by atoms with Crippen LogP contribution in [0.4, 0.5) is 4.39 Å². The average molecular weight is 373 g/mol. The monoisotopic (exact) mass is 371 g/mol. The van der Waals surface area contributed by atoms with E-state index >= 15 is 0 Å². The number of carbonyl (C=O) groups excluding carboxylic acids is 1. The minimum Gasteiger partial charge on any atom is -0.294 e. The minimum absolute atomic E-state index is 0.138. The van der Waals surface area contributed by atoms with Crippen molar-refractivity contribution >= 4 is 37.6 Å². The molecular formula is C13H8Br2FNO. The lowest BCUT2D eigenvalue weighted by molar-refractivity contribution is 0.0992. The first-order chi connectivity index (χ1) is 8.56. The quantitative estimate of drug-likeness (QED) is 0.757. The van der Waals surface area contributed by atoms with Crippen molar-refractivity contribution in [2.24, 2.45) is 0 Å². The van der Waals surface area contributed by atoms with Crippen LogP contribution in [0.3, 0.4) is 0 Å². The third-order valence-electron chi connectivity index (χ3n) is 2.37. The number of nitrogens with zero attached hydrogens (tertiary/aromatic N) is 1. The summed E-state index contributed by atoms with van der Waals surface area (Å²) in [5.41, 5.74) is 1.15. The lowest BCUT2D eigenvalue weighted by atomic mass is 10.0. The van der Waals surface area contributed by atoms with Crippen molar-refractivity contribution in [3.05, 3.63) is 62.5 Å². The molecule has 0 aliphatic carbocycles. The third kappa shape index (κ3) is 3.23. The van der Waals surface area contributed by atoms with Gasteiger partial charge in [-0.05, 0) is 55.6 Å². The molecule has 1 aromatic carbocycles. The highest BCUT2D eigenvalue weighted by Gasteiger charge is 2.10. The van der Waals surface area contributed by atoms with Gasteiger partial charge in [0.25, 0.3) is 0 Å². The average Bonchev–Trinajstić information content (AvgIpc) is 2.32. The maximum atomic E-state index is 13.3. The Balaban J connectivity index is 2.19. The first-order valence-corrected chi connectivity index (χ1v) is 6.72. The Morgan fingerprint density at radius 3 is 2.67 bits per heavy atom. The zero-order valence-corrected chi connectivity index (χ0v) is 12.3. The smallest absolute Gasteiger partial charge is 0.167 e.